The van der Waals surface area contributed by atoms with Crippen LogP contribution in [0.2, 0.25) is 0 Å². The van der Waals surface area contributed by atoms with Gasteiger partial charge in [-0.05, 0) is 18.4 Å². The molecule has 0 bridgehead atoms. The Morgan fingerprint density at radius 1 is 1.67 bits per heavy atom. The lowest BCUT2D eigenvalue weighted by Crippen LogP contribution is -2.02. The predicted molar refractivity (Wildman–Crippen MR) is 68.7 cm³/mol. The number of hydrogen-bond donors (Lipinski definition) is 1. The van der Waals surface area contributed by atoms with E-state index in [9.17, 15) is 4.79 Å². The molecular formula is C12H13N3O2S. The fourth-order valence-corrected chi connectivity index (χ4v) is 2.93. The molecule has 2 aromatic heterocycles. The molecule has 0 aliphatic heterocycles. The molecule has 0 amide bonds. The first kappa shape index (κ1) is 11.5. The van der Waals surface area contributed by atoms with Crippen LogP contribution in [-0.4, -0.2) is 31.4 Å². The third kappa shape index (κ3) is 1.96. The molecule has 2 aromatic rings. The van der Waals surface area contributed by atoms with Gasteiger partial charge in [-0.15, -0.1) is 0 Å². The number of rotatable bonds is 4. The summed E-state index contributed by atoms with van der Waals surface area (Å²) >= 11 is 1.28. The van der Waals surface area contributed by atoms with Gasteiger partial charge in [0.25, 0.3) is 0 Å². The number of aliphatic carboxylic acids is 1. The third-order valence-corrected chi connectivity index (χ3v) is 4.12. The molecule has 1 N–H and O–H groups in total. The van der Waals surface area contributed by atoms with Gasteiger partial charge >= 0.3 is 5.97 Å². The summed E-state index contributed by atoms with van der Waals surface area (Å²) in [6.07, 6.45) is 4.61. The molecule has 5 nitrogen and oxygen atoms in total. The van der Waals surface area contributed by atoms with Gasteiger partial charge in [0, 0.05) is 12.2 Å². The maximum absolute atomic E-state index is 10.7. The number of carbonyl (C=O) groups is 1. The molecule has 94 valence electrons. The number of fused-ring (bicyclic) bond motifs is 1. The number of aromatic nitrogens is 3. The molecule has 0 radical (unpaired) electrons. The Bertz CT molecular complexity index is 610. The van der Waals surface area contributed by atoms with Crippen LogP contribution < -0.4 is 0 Å². The van der Waals surface area contributed by atoms with Gasteiger partial charge in [0.15, 0.2) is 5.16 Å². The zero-order valence-corrected chi connectivity index (χ0v) is 10.7. The summed E-state index contributed by atoms with van der Waals surface area (Å²) in [7, 11) is 0. The van der Waals surface area contributed by atoms with Crippen LogP contribution in [0.5, 0.6) is 0 Å². The Hall–Kier alpha value is -1.56. The van der Waals surface area contributed by atoms with E-state index in [2.05, 4.69) is 21.5 Å². The van der Waals surface area contributed by atoms with E-state index >= 15 is 0 Å². The minimum atomic E-state index is -0.819. The van der Waals surface area contributed by atoms with Crippen molar-refractivity contribution in [3.63, 3.8) is 0 Å². The van der Waals surface area contributed by atoms with E-state index in [4.69, 9.17) is 5.11 Å². The van der Waals surface area contributed by atoms with Crippen LogP contribution in [0.15, 0.2) is 23.6 Å². The van der Waals surface area contributed by atoms with Gasteiger partial charge in [0.2, 0.25) is 0 Å². The average Bonchev–Trinajstić information content (AvgIpc) is 2.93. The molecule has 2 unspecified atom stereocenters. The Kier molecular flexibility index (Phi) is 2.74. The third-order valence-electron chi connectivity index (χ3n) is 3.18. The van der Waals surface area contributed by atoms with Crippen LogP contribution in [-0.2, 0) is 4.79 Å². The second-order valence-electron chi connectivity index (χ2n) is 4.59. The van der Waals surface area contributed by atoms with Crippen molar-refractivity contribution >= 4 is 28.8 Å². The molecule has 1 aliphatic carbocycles. The summed E-state index contributed by atoms with van der Waals surface area (Å²) in [5.74, 6) is -0.141. The predicted octanol–water partition coefficient (Wildman–Crippen LogP) is 2.19. The SMILES string of the molecule is CC1CC1n1c(SCC(=O)O)nc2cnccc21. The largest absolute Gasteiger partial charge is 0.481 e. The van der Waals surface area contributed by atoms with Crippen LogP contribution in [0.25, 0.3) is 11.0 Å². The minimum absolute atomic E-state index is 0.0395. The highest BCUT2D eigenvalue weighted by Crippen LogP contribution is 2.46. The number of pyridine rings is 1. The molecular weight excluding hydrogens is 250 g/mol. The number of carboxylic acid groups (broad SMARTS) is 1. The normalized spacial score (nSPS) is 22.3. The monoisotopic (exact) mass is 263 g/mol. The van der Waals surface area contributed by atoms with Crippen molar-refractivity contribution in [3.05, 3.63) is 18.5 Å². The molecule has 1 saturated carbocycles. The Morgan fingerprint density at radius 3 is 3.11 bits per heavy atom. The van der Waals surface area contributed by atoms with Crippen molar-refractivity contribution in [2.45, 2.75) is 24.5 Å². The highest BCUT2D eigenvalue weighted by molar-refractivity contribution is 7.99. The van der Waals surface area contributed by atoms with Gasteiger partial charge < -0.3 is 9.67 Å². The van der Waals surface area contributed by atoms with E-state index in [-0.39, 0.29) is 5.75 Å². The summed E-state index contributed by atoms with van der Waals surface area (Å²) < 4.78 is 2.16. The quantitative estimate of drug-likeness (QED) is 0.856. The Labute approximate surface area is 108 Å². The lowest BCUT2D eigenvalue weighted by atomic mass is 10.4. The standard InChI is InChI=1S/C12H13N3O2S/c1-7-4-10(7)15-9-2-3-13-5-8(9)14-12(15)18-6-11(16)17/h2-3,5,7,10H,4,6H2,1H3,(H,16,17). The zero-order valence-electron chi connectivity index (χ0n) is 9.91. The maximum Gasteiger partial charge on any atom is 0.313 e. The van der Waals surface area contributed by atoms with Gasteiger partial charge in [0.1, 0.15) is 5.52 Å². The number of imidazole rings is 1. The van der Waals surface area contributed by atoms with Crippen molar-refractivity contribution in [2.75, 3.05) is 5.75 Å². The zero-order chi connectivity index (χ0) is 12.7. The van der Waals surface area contributed by atoms with E-state index in [0.717, 1.165) is 22.6 Å². The fourth-order valence-electron chi connectivity index (χ4n) is 2.14. The molecule has 6 heteroatoms. The van der Waals surface area contributed by atoms with Crippen LogP contribution in [0.3, 0.4) is 0 Å². The lowest BCUT2D eigenvalue weighted by Gasteiger charge is -2.06. The summed E-state index contributed by atoms with van der Waals surface area (Å²) in [5.41, 5.74) is 1.89. The number of thioether (sulfide) groups is 1. The van der Waals surface area contributed by atoms with E-state index in [0.29, 0.717) is 12.0 Å². The minimum Gasteiger partial charge on any atom is -0.481 e. The van der Waals surface area contributed by atoms with Crippen LogP contribution in [0.4, 0.5) is 0 Å². The van der Waals surface area contributed by atoms with Crippen LogP contribution in [0.1, 0.15) is 19.4 Å². The second kappa shape index (κ2) is 4.28. The molecule has 18 heavy (non-hydrogen) atoms. The summed E-state index contributed by atoms with van der Waals surface area (Å²) in [6.45, 7) is 2.20. The highest BCUT2D eigenvalue weighted by Gasteiger charge is 2.37. The maximum atomic E-state index is 10.7. The molecule has 0 spiro atoms. The number of hydrogen-bond acceptors (Lipinski definition) is 4. The van der Waals surface area contributed by atoms with Gasteiger partial charge in [-0.2, -0.15) is 0 Å². The smallest absolute Gasteiger partial charge is 0.313 e. The van der Waals surface area contributed by atoms with Crippen molar-refractivity contribution in [2.24, 2.45) is 5.92 Å². The second-order valence-corrected chi connectivity index (χ2v) is 5.53. The molecule has 1 aliphatic rings. The number of carboxylic acids is 1. The number of nitrogens with zero attached hydrogens (tertiary/aromatic N) is 3. The topological polar surface area (TPSA) is 68.0 Å². The molecule has 1 fully saturated rings. The van der Waals surface area contributed by atoms with E-state index in [1.807, 2.05) is 6.07 Å². The van der Waals surface area contributed by atoms with E-state index < -0.39 is 5.97 Å². The van der Waals surface area contributed by atoms with Gasteiger partial charge in [0.05, 0.1) is 17.5 Å². The lowest BCUT2D eigenvalue weighted by molar-refractivity contribution is -0.133. The van der Waals surface area contributed by atoms with Gasteiger partial charge in [-0.1, -0.05) is 18.7 Å². The summed E-state index contributed by atoms with van der Waals surface area (Å²) in [6, 6.07) is 2.40. The summed E-state index contributed by atoms with van der Waals surface area (Å²) in [4.78, 5) is 19.2. The van der Waals surface area contributed by atoms with Gasteiger partial charge in [-0.3, -0.25) is 9.78 Å². The first-order valence-electron chi connectivity index (χ1n) is 5.83. The Morgan fingerprint density at radius 2 is 2.44 bits per heavy atom. The van der Waals surface area contributed by atoms with Crippen LogP contribution in [0, 0.1) is 5.92 Å². The van der Waals surface area contributed by atoms with Crippen molar-refractivity contribution in [1.82, 2.24) is 14.5 Å². The fraction of sp³-hybridized carbons (Fsp3) is 0.417. The van der Waals surface area contributed by atoms with E-state index in [1.165, 1.54) is 11.8 Å². The summed E-state index contributed by atoms with van der Waals surface area (Å²) in [5, 5.41) is 9.56. The van der Waals surface area contributed by atoms with Crippen molar-refractivity contribution in [3.8, 4) is 0 Å². The average molecular weight is 263 g/mol. The van der Waals surface area contributed by atoms with Crippen LogP contribution >= 0.6 is 11.8 Å². The van der Waals surface area contributed by atoms with E-state index in [1.54, 1.807) is 12.4 Å². The first-order valence-corrected chi connectivity index (χ1v) is 6.82. The molecule has 0 aromatic carbocycles. The Balaban J connectivity index is 2.03. The molecule has 3 rings (SSSR count). The highest BCUT2D eigenvalue weighted by atomic mass is 32.2. The first-order chi connectivity index (χ1) is 8.66. The molecule has 2 heterocycles. The molecule has 0 saturated heterocycles. The molecule has 2 atom stereocenters. The van der Waals surface area contributed by atoms with Crippen molar-refractivity contribution in [1.29, 1.82) is 0 Å². The van der Waals surface area contributed by atoms with Gasteiger partial charge in [-0.25, -0.2) is 4.98 Å². The van der Waals surface area contributed by atoms with Crippen molar-refractivity contribution < 1.29 is 9.90 Å².